The van der Waals surface area contributed by atoms with Crippen molar-refractivity contribution in [2.24, 2.45) is 0 Å². The quantitative estimate of drug-likeness (QED) is 0.824. The molecule has 0 saturated carbocycles. The van der Waals surface area contributed by atoms with E-state index in [0.717, 1.165) is 28.9 Å². The normalized spacial score (nSPS) is 16.4. The summed E-state index contributed by atoms with van der Waals surface area (Å²) < 4.78 is 39.1. The average Bonchev–Trinajstić information content (AvgIpc) is 2.50. The molecule has 23 heavy (non-hydrogen) atoms. The molecule has 0 unspecified atom stereocenters. The van der Waals surface area contributed by atoms with Gasteiger partial charge in [-0.25, -0.2) is 0 Å². The summed E-state index contributed by atoms with van der Waals surface area (Å²) in [6, 6.07) is 0.633. The van der Waals surface area contributed by atoms with Crippen molar-refractivity contribution in [3.8, 4) is 0 Å². The Bertz CT molecular complexity index is 642. The number of hydrogen-bond donors (Lipinski definition) is 0. The summed E-state index contributed by atoms with van der Waals surface area (Å²) in [4.78, 5) is 25.7. The van der Waals surface area contributed by atoms with Gasteiger partial charge in [0.25, 0.3) is 5.56 Å². The van der Waals surface area contributed by atoms with Crippen molar-refractivity contribution < 1.29 is 18.0 Å². The number of alkyl halides is 3. The predicted octanol–water partition coefficient (Wildman–Crippen LogP) is 2.87. The van der Waals surface area contributed by atoms with Gasteiger partial charge in [0.1, 0.15) is 11.6 Å². The van der Waals surface area contributed by atoms with Crippen LogP contribution < -0.4 is 5.56 Å². The average molecular weight is 369 g/mol. The molecule has 4 nitrogen and oxygen atoms in total. The zero-order valence-electron chi connectivity index (χ0n) is 12.4. The number of thioether (sulfide) groups is 1. The molecule has 2 rings (SSSR count). The molecule has 0 aliphatic carbocycles. The van der Waals surface area contributed by atoms with Crippen molar-refractivity contribution in [3.63, 3.8) is 0 Å². The van der Waals surface area contributed by atoms with E-state index in [0.29, 0.717) is 12.3 Å². The lowest BCUT2D eigenvalue weighted by molar-refractivity contribution is -0.139. The molecular weight excluding hydrogens is 353 g/mol. The molecule has 2 heterocycles. The summed E-state index contributed by atoms with van der Waals surface area (Å²) in [6.45, 7) is -0.456. The molecule has 1 amide bonds. The van der Waals surface area contributed by atoms with Crippen LogP contribution in [0.5, 0.6) is 0 Å². The first-order chi connectivity index (χ1) is 10.7. The van der Waals surface area contributed by atoms with Crippen LogP contribution in [0.25, 0.3) is 0 Å². The molecule has 9 heteroatoms. The van der Waals surface area contributed by atoms with E-state index >= 15 is 0 Å². The number of rotatable bonds is 3. The molecular formula is C14H16ClF3N2O2S. The molecule has 0 atom stereocenters. The fraction of sp³-hybridized carbons (Fsp3) is 0.571. The van der Waals surface area contributed by atoms with Crippen LogP contribution in [-0.4, -0.2) is 40.0 Å². The zero-order chi connectivity index (χ0) is 17.2. The zero-order valence-corrected chi connectivity index (χ0v) is 14.0. The largest absolute Gasteiger partial charge is 0.417 e. The van der Waals surface area contributed by atoms with Crippen molar-refractivity contribution in [2.45, 2.75) is 31.6 Å². The van der Waals surface area contributed by atoms with Crippen molar-refractivity contribution in [2.75, 3.05) is 18.6 Å². The van der Waals surface area contributed by atoms with E-state index in [9.17, 15) is 22.8 Å². The minimum Gasteiger partial charge on any atom is -0.341 e. The molecule has 0 bridgehead atoms. The minimum atomic E-state index is -4.63. The highest BCUT2D eigenvalue weighted by Crippen LogP contribution is 2.29. The summed E-state index contributed by atoms with van der Waals surface area (Å²) in [6.07, 6.45) is -2.32. The summed E-state index contributed by atoms with van der Waals surface area (Å²) in [5.41, 5.74) is -1.85. The molecule has 0 N–H and O–H groups in total. The van der Waals surface area contributed by atoms with Crippen LogP contribution in [0.3, 0.4) is 0 Å². The molecule has 1 aromatic rings. The highest BCUT2D eigenvalue weighted by molar-refractivity contribution is 7.99. The van der Waals surface area contributed by atoms with Crippen LogP contribution in [0.2, 0.25) is 5.02 Å². The van der Waals surface area contributed by atoms with Crippen LogP contribution >= 0.6 is 23.4 Å². The van der Waals surface area contributed by atoms with Crippen LogP contribution in [0, 0.1) is 0 Å². The summed E-state index contributed by atoms with van der Waals surface area (Å²) in [7, 11) is 1.61. The summed E-state index contributed by atoms with van der Waals surface area (Å²) >= 11 is 7.38. The van der Waals surface area contributed by atoms with E-state index in [1.807, 2.05) is 0 Å². The molecule has 128 valence electrons. The molecule has 0 aromatic carbocycles. The van der Waals surface area contributed by atoms with Gasteiger partial charge in [0, 0.05) is 19.3 Å². The number of nitrogens with zero attached hydrogens (tertiary/aromatic N) is 2. The minimum absolute atomic E-state index is 0.0562. The second-order valence-corrected chi connectivity index (χ2v) is 6.99. The van der Waals surface area contributed by atoms with Gasteiger partial charge in [-0.15, -0.1) is 0 Å². The van der Waals surface area contributed by atoms with Gasteiger partial charge in [-0.05, 0) is 30.4 Å². The number of aromatic nitrogens is 1. The highest BCUT2D eigenvalue weighted by Gasteiger charge is 2.32. The molecule has 0 radical (unpaired) electrons. The van der Waals surface area contributed by atoms with Crippen molar-refractivity contribution >= 4 is 29.3 Å². The van der Waals surface area contributed by atoms with E-state index in [4.69, 9.17) is 11.6 Å². The molecule has 1 aromatic heterocycles. The Labute approximate surface area is 140 Å². The lowest BCUT2D eigenvalue weighted by atomic mass is 10.1. The number of halogens is 4. The Hall–Kier alpha value is -1.15. The lowest BCUT2D eigenvalue weighted by Crippen LogP contribution is -2.42. The first-order valence-corrected chi connectivity index (χ1v) is 8.54. The van der Waals surface area contributed by atoms with Gasteiger partial charge in [0.2, 0.25) is 5.91 Å². The van der Waals surface area contributed by atoms with Gasteiger partial charge in [0.05, 0.1) is 5.56 Å². The molecule has 1 aliphatic rings. The van der Waals surface area contributed by atoms with E-state index in [1.165, 1.54) is 4.90 Å². The highest BCUT2D eigenvalue weighted by atomic mass is 35.5. The van der Waals surface area contributed by atoms with Crippen molar-refractivity contribution in [1.29, 1.82) is 0 Å². The van der Waals surface area contributed by atoms with Gasteiger partial charge < -0.3 is 9.47 Å². The van der Waals surface area contributed by atoms with Crippen LogP contribution in [0.15, 0.2) is 17.1 Å². The Morgan fingerprint density at radius 3 is 2.61 bits per heavy atom. The SMILES string of the molecule is CN(C(=O)Cn1cc(C(F)(F)F)cc(Cl)c1=O)C1CCSCC1. The lowest BCUT2D eigenvalue weighted by Gasteiger charge is -2.31. The number of carbonyl (C=O) groups is 1. The molecule has 1 saturated heterocycles. The van der Waals surface area contributed by atoms with E-state index in [1.54, 1.807) is 18.8 Å². The number of pyridine rings is 1. The number of carbonyl (C=O) groups excluding carboxylic acids is 1. The van der Waals surface area contributed by atoms with Gasteiger partial charge in [-0.2, -0.15) is 24.9 Å². The molecule has 1 fully saturated rings. The fourth-order valence-corrected chi connectivity index (χ4v) is 3.71. The van der Waals surface area contributed by atoms with Gasteiger partial charge in [-0.3, -0.25) is 9.59 Å². The third-order valence-electron chi connectivity index (χ3n) is 3.81. The molecule has 1 aliphatic heterocycles. The maximum atomic E-state index is 12.8. The summed E-state index contributed by atoms with van der Waals surface area (Å²) in [5, 5.41) is -0.552. The number of amides is 1. The molecule has 0 spiro atoms. The third kappa shape index (κ3) is 4.44. The second kappa shape index (κ2) is 7.17. The first kappa shape index (κ1) is 18.2. The van der Waals surface area contributed by atoms with Gasteiger partial charge in [-0.1, -0.05) is 11.6 Å². The van der Waals surface area contributed by atoms with Crippen molar-refractivity contribution in [1.82, 2.24) is 9.47 Å². The maximum absolute atomic E-state index is 12.8. The number of hydrogen-bond acceptors (Lipinski definition) is 3. The van der Waals surface area contributed by atoms with Crippen LogP contribution in [0.1, 0.15) is 18.4 Å². The topological polar surface area (TPSA) is 42.3 Å². The smallest absolute Gasteiger partial charge is 0.341 e. The fourth-order valence-electron chi connectivity index (χ4n) is 2.41. The monoisotopic (exact) mass is 368 g/mol. The van der Waals surface area contributed by atoms with Crippen LogP contribution in [-0.2, 0) is 17.5 Å². The van der Waals surface area contributed by atoms with Gasteiger partial charge >= 0.3 is 6.18 Å². The third-order valence-corrected chi connectivity index (χ3v) is 5.13. The van der Waals surface area contributed by atoms with E-state index < -0.39 is 34.8 Å². The maximum Gasteiger partial charge on any atom is 0.417 e. The Balaban J connectivity index is 2.20. The first-order valence-electron chi connectivity index (χ1n) is 7.00. The van der Waals surface area contributed by atoms with Crippen molar-refractivity contribution in [3.05, 3.63) is 33.2 Å². The van der Waals surface area contributed by atoms with Gasteiger partial charge in [0.15, 0.2) is 0 Å². The van der Waals surface area contributed by atoms with E-state index in [2.05, 4.69) is 0 Å². The Kier molecular flexibility index (Phi) is 5.67. The Morgan fingerprint density at radius 2 is 2.04 bits per heavy atom. The number of likely N-dealkylation sites (N-methyl/N-ethyl adjacent to an activating group) is 1. The van der Waals surface area contributed by atoms with E-state index in [-0.39, 0.29) is 6.04 Å². The standard InChI is InChI=1S/C14H16ClF3N2O2S/c1-19(10-2-4-23-5-3-10)12(21)8-20-7-9(14(16,17)18)6-11(15)13(20)22/h6-7,10H,2-5,8H2,1H3. The predicted molar refractivity (Wildman–Crippen MR) is 83.8 cm³/mol. The second-order valence-electron chi connectivity index (χ2n) is 5.36. The Morgan fingerprint density at radius 1 is 1.43 bits per heavy atom. The van der Waals surface area contributed by atoms with Crippen LogP contribution in [0.4, 0.5) is 13.2 Å². The summed E-state index contributed by atoms with van der Waals surface area (Å²) in [5.74, 6) is 1.48.